The molecule has 1 saturated carbocycles. The molecule has 1 saturated heterocycles. The summed E-state index contributed by atoms with van der Waals surface area (Å²) in [6.45, 7) is 8.65. The third kappa shape index (κ3) is 4.78. The standard InChI is InChI=1S/C16H28N4O/c1-12(2)8-16-18-15(19-21-16)11-20(9-13-5-6-13)10-14-4-3-7-17-14/h12-14,17H,3-11H2,1-2H3. The van der Waals surface area contributed by atoms with Gasteiger partial charge in [-0.1, -0.05) is 19.0 Å². The number of aromatic nitrogens is 2. The predicted octanol–water partition coefficient (Wildman–Crippen LogP) is 2.23. The van der Waals surface area contributed by atoms with E-state index in [1.807, 2.05) is 0 Å². The molecule has 1 aliphatic heterocycles. The van der Waals surface area contributed by atoms with E-state index in [2.05, 4.69) is 34.2 Å². The van der Waals surface area contributed by atoms with Crippen LogP contribution >= 0.6 is 0 Å². The van der Waals surface area contributed by atoms with Gasteiger partial charge in [0.25, 0.3) is 0 Å². The molecule has 1 atom stereocenters. The average Bonchev–Trinajstić information content (AvgIpc) is 2.90. The molecule has 3 rings (SSSR count). The van der Waals surface area contributed by atoms with Gasteiger partial charge in [0.2, 0.25) is 5.89 Å². The molecule has 2 aliphatic rings. The Bertz CT molecular complexity index is 435. The highest BCUT2D eigenvalue weighted by Crippen LogP contribution is 2.30. The molecule has 1 unspecified atom stereocenters. The van der Waals surface area contributed by atoms with Crippen molar-refractivity contribution in [3.63, 3.8) is 0 Å². The molecule has 0 amide bonds. The predicted molar refractivity (Wildman–Crippen MR) is 81.9 cm³/mol. The first-order chi connectivity index (χ1) is 10.2. The summed E-state index contributed by atoms with van der Waals surface area (Å²) >= 11 is 0. The Hall–Kier alpha value is -0.940. The van der Waals surface area contributed by atoms with Crippen molar-refractivity contribution < 1.29 is 4.52 Å². The first-order valence-corrected chi connectivity index (χ1v) is 8.46. The van der Waals surface area contributed by atoms with E-state index < -0.39 is 0 Å². The Labute approximate surface area is 127 Å². The van der Waals surface area contributed by atoms with Gasteiger partial charge in [0.15, 0.2) is 5.82 Å². The Morgan fingerprint density at radius 2 is 2.14 bits per heavy atom. The highest BCUT2D eigenvalue weighted by molar-refractivity contribution is 4.90. The number of rotatable bonds is 8. The van der Waals surface area contributed by atoms with Crippen LogP contribution in [0.3, 0.4) is 0 Å². The van der Waals surface area contributed by atoms with Crippen LogP contribution in [0, 0.1) is 11.8 Å². The van der Waals surface area contributed by atoms with Crippen molar-refractivity contribution >= 4 is 0 Å². The number of nitrogens with zero attached hydrogens (tertiary/aromatic N) is 3. The van der Waals surface area contributed by atoms with Gasteiger partial charge in [-0.05, 0) is 44.1 Å². The molecule has 0 radical (unpaired) electrons. The van der Waals surface area contributed by atoms with Gasteiger partial charge < -0.3 is 9.84 Å². The summed E-state index contributed by atoms with van der Waals surface area (Å²) in [6, 6.07) is 0.644. The summed E-state index contributed by atoms with van der Waals surface area (Å²) in [5.74, 6) is 3.09. The summed E-state index contributed by atoms with van der Waals surface area (Å²) in [5.41, 5.74) is 0. The van der Waals surface area contributed by atoms with Gasteiger partial charge in [0.05, 0.1) is 6.54 Å². The highest BCUT2D eigenvalue weighted by atomic mass is 16.5. The molecule has 0 spiro atoms. The molecule has 5 nitrogen and oxygen atoms in total. The largest absolute Gasteiger partial charge is 0.339 e. The first kappa shape index (κ1) is 15.0. The van der Waals surface area contributed by atoms with E-state index in [4.69, 9.17) is 4.52 Å². The summed E-state index contributed by atoms with van der Waals surface area (Å²) in [4.78, 5) is 7.07. The van der Waals surface area contributed by atoms with Crippen LogP contribution in [0.15, 0.2) is 4.52 Å². The maximum atomic E-state index is 5.36. The third-order valence-corrected chi connectivity index (χ3v) is 4.31. The zero-order valence-electron chi connectivity index (χ0n) is 13.3. The van der Waals surface area contributed by atoms with Crippen molar-refractivity contribution in [2.45, 2.75) is 58.5 Å². The minimum absolute atomic E-state index is 0.559. The highest BCUT2D eigenvalue weighted by Gasteiger charge is 2.27. The van der Waals surface area contributed by atoms with Crippen LogP contribution in [-0.2, 0) is 13.0 Å². The molecule has 0 aromatic carbocycles. The Morgan fingerprint density at radius 3 is 2.81 bits per heavy atom. The fourth-order valence-electron chi connectivity index (χ4n) is 3.08. The van der Waals surface area contributed by atoms with E-state index >= 15 is 0 Å². The fourth-order valence-corrected chi connectivity index (χ4v) is 3.08. The smallest absolute Gasteiger partial charge is 0.226 e. The van der Waals surface area contributed by atoms with Crippen LogP contribution in [0.4, 0.5) is 0 Å². The third-order valence-electron chi connectivity index (χ3n) is 4.31. The van der Waals surface area contributed by atoms with Gasteiger partial charge in [-0.2, -0.15) is 4.98 Å². The zero-order chi connectivity index (χ0) is 14.7. The Balaban J connectivity index is 1.55. The molecule has 5 heteroatoms. The lowest BCUT2D eigenvalue weighted by Crippen LogP contribution is -2.38. The van der Waals surface area contributed by atoms with E-state index in [1.54, 1.807) is 0 Å². The van der Waals surface area contributed by atoms with E-state index in [-0.39, 0.29) is 0 Å². The lowest BCUT2D eigenvalue weighted by molar-refractivity contribution is 0.223. The molecular weight excluding hydrogens is 264 g/mol. The SMILES string of the molecule is CC(C)Cc1nc(CN(CC2CC2)CC2CCCN2)no1. The average molecular weight is 292 g/mol. The lowest BCUT2D eigenvalue weighted by Gasteiger charge is -2.24. The monoisotopic (exact) mass is 292 g/mol. The lowest BCUT2D eigenvalue weighted by atomic mass is 10.1. The van der Waals surface area contributed by atoms with Gasteiger partial charge in [-0.3, -0.25) is 4.90 Å². The van der Waals surface area contributed by atoms with Gasteiger partial charge in [0, 0.05) is 25.6 Å². The number of hydrogen-bond acceptors (Lipinski definition) is 5. The normalized spacial score (nSPS) is 22.6. The van der Waals surface area contributed by atoms with Crippen LogP contribution in [0.5, 0.6) is 0 Å². The van der Waals surface area contributed by atoms with E-state index in [0.717, 1.165) is 37.1 Å². The van der Waals surface area contributed by atoms with Gasteiger partial charge in [-0.15, -0.1) is 0 Å². The Kier molecular flexibility index (Phi) is 4.91. The maximum absolute atomic E-state index is 5.36. The van der Waals surface area contributed by atoms with Gasteiger partial charge in [-0.25, -0.2) is 0 Å². The molecule has 1 N–H and O–H groups in total. The number of hydrogen-bond donors (Lipinski definition) is 1. The van der Waals surface area contributed by atoms with Crippen molar-refractivity contribution in [3.8, 4) is 0 Å². The van der Waals surface area contributed by atoms with Crippen molar-refractivity contribution in [2.24, 2.45) is 11.8 Å². The Morgan fingerprint density at radius 1 is 1.29 bits per heavy atom. The molecule has 1 aromatic rings. The van der Waals surface area contributed by atoms with E-state index in [1.165, 1.54) is 38.8 Å². The van der Waals surface area contributed by atoms with Crippen molar-refractivity contribution in [1.82, 2.24) is 20.4 Å². The van der Waals surface area contributed by atoms with Crippen LogP contribution in [0.25, 0.3) is 0 Å². The minimum Gasteiger partial charge on any atom is -0.339 e. The second kappa shape index (κ2) is 6.88. The van der Waals surface area contributed by atoms with Crippen molar-refractivity contribution in [2.75, 3.05) is 19.6 Å². The second-order valence-corrected chi connectivity index (χ2v) is 7.13. The molecule has 2 fully saturated rings. The second-order valence-electron chi connectivity index (χ2n) is 7.13. The summed E-state index contributed by atoms with van der Waals surface area (Å²) in [7, 11) is 0. The van der Waals surface area contributed by atoms with Crippen molar-refractivity contribution in [1.29, 1.82) is 0 Å². The van der Waals surface area contributed by atoms with E-state index in [9.17, 15) is 0 Å². The molecule has 2 heterocycles. The van der Waals surface area contributed by atoms with Crippen molar-refractivity contribution in [3.05, 3.63) is 11.7 Å². The number of nitrogens with one attached hydrogen (secondary N) is 1. The van der Waals surface area contributed by atoms with Gasteiger partial charge >= 0.3 is 0 Å². The quantitative estimate of drug-likeness (QED) is 0.796. The topological polar surface area (TPSA) is 54.2 Å². The minimum atomic E-state index is 0.559. The maximum Gasteiger partial charge on any atom is 0.226 e. The zero-order valence-corrected chi connectivity index (χ0v) is 13.3. The van der Waals surface area contributed by atoms with Gasteiger partial charge in [0.1, 0.15) is 0 Å². The summed E-state index contributed by atoms with van der Waals surface area (Å²) in [5, 5.41) is 7.76. The van der Waals surface area contributed by atoms with Crippen LogP contribution < -0.4 is 5.32 Å². The van der Waals surface area contributed by atoms with Crippen LogP contribution in [-0.4, -0.2) is 40.7 Å². The molecular formula is C16H28N4O. The molecule has 118 valence electrons. The molecule has 21 heavy (non-hydrogen) atoms. The summed E-state index contributed by atoms with van der Waals surface area (Å²) in [6.07, 6.45) is 6.26. The van der Waals surface area contributed by atoms with Crippen LogP contribution in [0.2, 0.25) is 0 Å². The molecule has 0 bridgehead atoms. The fraction of sp³-hybridized carbons (Fsp3) is 0.875. The molecule has 1 aliphatic carbocycles. The van der Waals surface area contributed by atoms with Crippen LogP contribution in [0.1, 0.15) is 51.2 Å². The molecule has 1 aromatic heterocycles. The first-order valence-electron chi connectivity index (χ1n) is 8.46. The van der Waals surface area contributed by atoms with E-state index in [0.29, 0.717) is 12.0 Å². The summed E-state index contributed by atoms with van der Waals surface area (Å²) < 4.78 is 5.36.